The third-order valence-electron chi connectivity index (χ3n) is 2.64. The third-order valence-corrected chi connectivity index (χ3v) is 3.61. The van der Waals surface area contributed by atoms with Crippen LogP contribution in [0.15, 0.2) is 17.5 Å². The van der Waals surface area contributed by atoms with Crippen molar-refractivity contribution in [1.82, 2.24) is 15.3 Å². The van der Waals surface area contributed by atoms with Crippen LogP contribution in [0.3, 0.4) is 0 Å². The summed E-state index contributed by atoms with van der Waals surface area (Å²) in [6, 6.07) is 3.54. The fourth-order valence-electron chi connectivity index (χ4n) is 1.81. The summed E-state index contributed by atoms with van der Waals surface area (Å²) in [5.41, 5.74) is 2.41. The second kappa shape index (κ2) is 6.47. The molecule has 0 aliphatic carbocycles. The number of thiazole rings is 1. The molecule has 6 heteroatoms. The van der Waals surface area contributed by atoms with E-state index in [1.54, 1.807) is 23.5 Å². The molecule has 1 amide bonds. The van der Waals surface area contributed by atoms with Crippen molar-refractivity contribution >= 4 is 23.1 Å². The van der Waals surface area contributed by atoms with Gasteiger partial charge in [-0.25, -0.2) is 9.97 Å². The summed E-state index contributed by atoms with van der Waals surface area (Å²) in [7, 11) is 0. The maximum atomic E-state index is 12.1. The summed E-state index contributed by atoms with van der Waals surface area (Å²) >= 11 is 1.55. The van der Waals surface area contributed by atoms with Crippen molar-refractivity contribution in [1.29, 1.82) is 0 Å². The van der Waals surface area contributed by atoms with Crippen LogP contribution in [0.2, 0.25) is 0 Å². The molecule has 2 heterocycles. The van der Waals surface area contributed by atoms with E-state index in [0.717, 1.165) is 28.8 Å². The van der Waals surface area contributed by atoms with Gasteiger partial charge in [-0.3, -0.25) is 4.79 Å². The van der Waals surface area contributed by atoms with Crippen LogP contribution >= 0.6 is 11.3 Å². The highest BCUT2D eigenvalue weighted by atomic mass is 32.1. The average Bonchev–Trinajstić information content (AvgIpc) is 2.81. The minimum absolute atomic E-state index is 0.109. The number of amides is 1. The van der Waals surface area contributed by atoms with Crippen LogP contribution in [0.1, 0.15) is 33.7 Å². The van der Waals surface area contributed by atoms with Crippen molar-refractivity contribution in [3.8, 4) is 0 Å². The Morgan fingerprint density at radius 1 is 1.25 bits per heavy atom. The first-order valence-electron chi connectivity index (χ1n) is 6.50. The first kappa shape index (κ1) is 14.5. The molecule has 5 nitrogen and oxygen atoms in total. The zero-order valence-electron chi connectivity index (χ0n) is 11.9. The van der Waals surface area contributed by atoms with E-state index >= 15 is 0 Å². The molecule has 2 rings (SSSR count). The molecule has 2 aromatic rings. The van der Waals surface area contributed by atoms with Gasteiger partial charge in [0.1, 0.15) is 10.8 Å². The smallest absolute Gasteiger partial charge is 0.251 e. The second-order valence-electron chi connectivity index (χ2n) is 4.48. The van der Waals surface area contributed by atoms with Crippen LogP contribution in [0.25, 0.3) is 0 Å². The Balaban J connectivity index is 2.04. The molecule has 0 aliphatic rings. The lowest BCUT2D eigenvalue weighted by Gasteiger charge is -2.08. The Kier molecular flexibility index (Phi) is 4.68. The first-order chi connectivity index (χ1) is 9.58. The van der Waals surface area contributed by atoms with Gasteiger partial charge >= 0.3 is 0 Å². The van der Waals surface area contributed by atoms with E-state index in [1.165, 1.54) is 0 Å². The van der Waals surface area contributed by atoms with E-state index in [9.17, 15) is 4.79 Å². The lowest BCUT2D eigenvalue weighted by molar-refractivity contribution is 0.0950. The van der Waals surface area contributed by atoms with Gasteiger partial charge in [-0.1, -0.05) is 0 Å². The number of hydrogen-bond donors (Lipinski definition) is 2. The Morgan fingerprint density at radius 2 is 2.05 bits per heavy atom. The molecule has 2 N–H and O–H groups in total. The van der Waals surface area contributed by atoms with E-state index < -0.39 is 0 Å². The third kappa shape index (κ3) is 3.77. The highest BCUT2D eigenvalue weighted by Gasteiger charge is 2.09. The van der Waals surface area contributed by atoms with E-state index in [0.29, 0.717) is 12.1 Å². The lowest BCUT2D eigenvalue weighted by Crippen LogP contribution is -2.23. The van der Waals surface area contributed by atoms with Crippen LogP contribution in [0.4, 0.5) is 5.82 Å². The van der Waals surface area contributed by atoms with Crippen molar-refractivity contribution in [2.75, 3.05) is 11.9 Å². The standard InChI is InChI=1S/C14H18N4OS/c1-4-15-12-6-11(5-9(2)17-12)14(19)16-7-13-18-10(3)8-20-13/h5-6,8H,4,7H2,1-3H3,(H,15,17)(H,16,19). The molecule has 0 aromatic carbocycles. The Labute approximate surface area is 122 Å². The van der Waals surface area contributed by atoms with Gasteiger partial charge in [0.05, 0.1) is 6.54 Å². The Hall–Kier alpha value is -1.95. The maximum Gasteiger partial charge on any atom is 0.251 e. The van der Waals surface area contributed by atoms with Gasteiger partial charge in [0.15, 0.2) is 0 Å². The topological polar surface area (TPSA) is 66.9 Å². The van der Waals surface area contributed by atoms with Crippen molar-refractivity contribution in [2.24, 2.45) is 0 Å². The summed E-state index contributed by atoms with van der Waals surface area (Å²) in [4.78, 5) is 20.8. The molecular weight excluding hydrogens is 272 g/mol. The van der Waals surface area contributed by atoms with Crippen LogP contribution in [-0.2, 0) is 6.54 Å². The van der Waals surface area contributed by atoms with Crippen molar-refractivity contribution in [3.63, 3.8) is 0 Å². The maximum absolute atomic E-state index is 12.1. The minimum atomic E-state index is -0.109. The zero-order valence-corrected chi connectivity index (χ0v) is 12.7. The largest absolute Gasteiger partial charge is 0.370 e. The average molecular weight is 290 g/mol. The summed E-state index contributed by atoms with van der Waals surface area (Å²) in [6.45, 7) is 7.04. The SMILES string of the molecule is CCNc1cc(C(=O)NCc2nc(C)cs2)cc(C)n1. The van der Waals surface area contributed by atoms with E-state index in [2.05, 4.69) is 20.6 Å². The number of carbonyl (C=O) groups is 1. The zero-order chi connectivity index (χ0) is 14.5. The quantitative estimate of drug-likeness (QED) is 0.888. The lowest BCUT2D eigenvalue weighted by atomic mass is 10.2. The molecule has 0 unspecified atom stereocenters. The number of nitrogens with zero attached hydrogens (tertiary/aromatic N) is 2. The van der Waals surface area contributed by atoms with Crippen LogP contribution < -0.4 is 10.6 Å². The predicted molar refractivity (Wildman–Crippen MR) is 81.2 cm³/mol. The number of carbonyl (C=O) groups excluding carboxylic acids is 1. The van der Waals surface area contributed by atoms with Crippen molar-refractivity contribution in [2.45, 2.75) is 27.3 Å². The molecule has 2 aromatic heterocycles. The van der Waals surface area contributed by atoms with Crippen LogP contribution in [0.5, 0.6) is 0 Å². The van der Waals surface area contributed by atoms with Gasteiger partial charge in [-0.15, -0.1) is 11.3 Å². The Morgan fingerprint density at radius 3 is 2.70 bits per heavy atom. The summed E-state index contributed by atoms with van der Waals surface area (Å²) in [5.74, 6) is 0.616. The molecule has 0 bridgehead atoms. The summed E-state index contributed by atoms with van der Waals surface area (Å²) in [6.07, 6.45) is 0. The number of rotatable bonds is 5. The molecule has 106 valence electrons. The molecular formula is C14H18N4OS. The van der Waals surface area contributed by atoms with Crippen molar-refractivity contribution in [3.05, 3.63) is 39.5 Å². The minimum Gasteiger partial charge on any atom is -0.370 e. The Bertz CT molecular complexity index is 609. The van der Waals surface area contributed by atoms with Gasteiger partial charge in [0.25, 0.3) is 5.91 Å². The summed E-state index contributed by atoms with van der Waals surface area (Å²) < 4.78 is 0. The fourth-order valence-corrected chi connectivity index (χ4v) is 2.52. The van der Waals surface area contributed by atoms with E-state index in [1.807, 2.05) is 26.2 Å². The number of anilines is 1. The fraction of sp³-hybridized carbons (Fsp3) is 0.357. The molecule has 0 aliphatic heterocycles. The second-order valence-corrected chi connectivity index (χ2v) is 5.42. The van der Waals surface area contributed by atoms with E-state index in [-0.39, 0.29) is 5.91 Å². The van der Waals surface area contributed by atoms with Gasteiger partial charge in [-0.2, -0.15) is 0 Å². The molecule has 0 radical (unpaired) electrons. The molecule has 0 fully saturated rings. The van der Waals surface area contributed by atoms with Gasteiger partial charge in [0.2, 0.25) is 0 Å². The number of aromatic nitrogens is 2. The molecule has 0 spiro atoms. The highest BCUT2D eigenvalue weighted by molar-refractivity contribution is 7.09. The van der Waals surface area contributed by atoms with E-state index in [4.69, 9.17) is 0 Å². The van der Waals surface area contributed by atoms with Crippen LogP contribution in [0, 0.1) is 13.8 Å². The van der Waals surface area contributed by atoms with Gasteiger partial charge in [-0.05, 0) is 32.9 Å². The monoisotopic (exact) mass is 290 g/mol. The summed E-state index contributed by atoms with van der Waals surface area (Å²) in [5, 5.41) is 8.88. The number of nitrogens with one attached hydrogen (secondary N) is 2. The number of pyridine rings is 1. The van der Waals surface area contributed by atoms with Crippen molar-refractivity contribution < 1.29 is 4.79 Å². The highest BCUT2D eigenvalue weighted by Crippen LogP contribution is 2.11. The molecule has 0 saturated heterocycles. The number of hydrogen-bond acceptors (Lipinski definition) is 5. The predicted octanol–water partition coefficient (Wildman–Crippen LogP) is 2.52. The molecule has 0 atom stereocenters. The molecule has 0 saturated carbocycles. The first-order valence-corrected chi connectivity index (χ1v) is 7.38. The van der Waals surface area contributed by atoms with Gasteiger partial charge < -0.3 is 10.6 Å². The number of aryl methyl sites for hydroxylation is 2. The normalized spacial score (nSPS) is 10.3. The molecule has 20 heavy (non-hydrogen) atoms. The van der Waals surface area contributed by atoms with Crippen LogP contribution in [-0.4, -0.2) is 22.4 Å². The van der Waals surface area contributed by atoms with Gasteiger partial charge in [0, 0.05) is 28.9 Å².